The standard InChI is InChI=1S/C16H21N5O4/c1-10-9-12(11-4-7-24-8-5-11)25-16(23)14(10)15(22)17-6-2-3-13-18-20-21-19-13/h9,11H,2-8H2,1H3,(H,17,22)(H,18,19,20,21). The van der Waals surface area contributed by atoms with Crippen LogP contribution >= 0.6 is 0 Å². The van der Waals surface area contributed by atoms with Gasteiger partial charge in [-0.1, -0.05) is 5.21 Å². The summed E-state index contributed by atoms with van der Waals surface area (Å²) in [6.45, 7) is 3.49. The maximum Gasteiger partial charge on any atom is 0.349 e. The highest BCUT2D eigenvalue weighted by molar-refractivity contribution is 5.95. The minimum absolute atomic E-state index is 0.0652. The maximum absolute atomic E-state index is 12.3. The number of hydrogen-bond acceptors (Lipinski definition) is 7. The van der Waals surface area contributed by atoms with Crippen molar-refractivity contribution >= 4 is 5.91 Å². The van der Waals surface area contributed by atoms with Crippen LogP contribution in [0.4, 0.5) is 0 Å². The molecular weight excluding hydrogens is 326 g/mol. The van der Waals surface area contributed by atoms with Crippen molar-refractivity contribution in [3.8, 4) is 0 Å². The number of nitrogens with zero attached hydrogens (tertiary/aromatic N) is 3. The van der Waals surface area contributed by atoms with Crippen molar-refractivity contribution in [1.82, 2.24) is 25.9 Å². The fourth-order valence-corrected chi connectivity index (χ4v) is 2.91. The van der Waals surface area contributed by atoms with Crippen molar-refractivity contribution in [1.29, 1.82) is 0 Å². The molecule has 0 radical (unpaired) electrons. The SMILES string of the molecule is Cc1cc(C2CCOCC2)oc(=O)c1C(=O)NCCCc1nn[nH]n1. The lowest BCUT2D eigenvalue weighted by molar-refractivity contribution is 0.0795. The van der Waals surface area contributed by atoms with Crippen LogP contribution in [0.1, 0.15) is 52.7 Å². The first-order valence-electron chi connectivity index (χ1n) is 8.38. The van der Waals surface area contributed by atoms with Gasteiger partial charge in [-0.25, -0.2) is 4.79 Å². The monoisotopic (exact) mass is 347 g/mol. The van der Waals surface area contributed by atoms with Gasteiger partial charge in [0, 0.05) is 32.1 Å². The smallest absolute Gasteiger partial charge is 0.349 e. The number of hydrogen-bond donors (Lipinski definition) is 2. The zero-order chi connectivity index (χ0) is 17.6. The summed E-state index contributed by atoms with van der Waals surface area (Å²) in [6, 6.07) is 1.80. The Labute approximate surface area is 144 Å². The molecule has 9 nitrogen and oxygen atoms in total. The van der Waals surface area contributed by atoms with Gasteiger partial charge in [-0.15, -0.1) is 10.2 Å². The van der Waals surface area contributed by atoms with Crippen molar-refractivity contribution < 1.29 is 13.9 Å². The highest BCUT2D eigenvalue weighted by atomic mass is 16.5. The number of tetrazole rings is 1. The minimum Gasteiger partial charge on any atom is -0.427 e. The molecule has 1 saturated heterocycles. The molecule has 0 aliphatic carbocycles. The van der Waals surface area contributed by atoms with E-state index in [1.807, 2.05) is 0 Å². The summed E-state index contributed by atoms with van der Waals surface area (Å²) in [4.78, 5) is 24.6. The molecular formula is C16H21N5O4. The van der Waals surface area contributed by atoms with Crippen LogP contribution in [0.3, 0.4) is 0 Å². The summed E-state index contributed by atoms with van der Waals surface area (Å²) in [5.41, 5.74) is 0.112. The Bertz CT molecular complexity index is 765. The first-order chi connectivity index (χ1) is 12.1. The van der Waals surface area contributed by atoms with Crippen LogP contribution < -0.4 is 10.9 Å². The van der Waals surface area contributed by atoms with Crippen molar-refractivity contribution in [2.75, 3.05) is 19.8 Å². The van der Waals surface area contributed by atoms with Gasteiger partial charge in [-0.2, -0.15) is 5.21 Å². The lowest BCUT2D eigenvalue weighted by Crippen LogP contribution is -2.31. The second-order valence-electron chi connectivity index (χ2n) is 6.07. The predicted molar refractivity (Wildman–Crippen MR) is 87.3 cm³/mol. The quantitative estimate of drug-likeness (QED) is 0.738. The average molecular weight is 347 g/mol. The van der Waals surface area contributed by atoms with E-state index in [2.05, 4.69) is 25.9 Å². The molecule has 1 aliphatic heterocycles. The number of ether oxygens (including phenoxy) is 1. The predicted octanol–water partition coefficient (Wildman–Crippen LogP) is 0.718. The lowest BCUT2D eigenvalue weighted by atomic mass is 9.95. The molecule has 3 rings (SSSR count). The van der Waals surface area contributed by atoms with E-state index in [0.29, 0.717) is 49.7 Å². The highest BCUT2D eigenvalue weighted by Gasteiger charge is 2.22. The fourth-order valence-electron chi connectivity index (χ4n) is 2.91. The van der Waals surface area contributed by atoms with Gasteiger partial charge in [0.05, 0.1) is 0 Å². The van der Waals surface area contributed by atoms with Gasteiger partial charge in [0.2, 0.25) is 0 Å². The van der Waals surface area contributed by atoms with E-state index >= 15 is 0 Å². The second-order valence-corrected chi connectivity index (χ2v) is 6.07. The van der Waals surface area contributed by atoms with E-state index in [1.54, 1.807) is 13.0 Å². The Balaban J connectivity index is 1.60. The zero-order valence-corrected chi connectivity index (χ0v) is 14.1. The molecule has 1 amide bonds. The van der Waals surface area contributed by atoms with Gasteiger partial charge in [-0.3, -0.25) is 4.79 Å². The molecule has 0 bridgehead atoms. The van der Waals surface area contributed by atoms with E-state index in [4.69, 9.17) is 9.15 Å². The number of carbonyl (C=O) groups excluding carboxylic acids is 1. The molecule has 2 aromatic heterocycles. The number of aryl methyl sites for hydroxylation is 2. The van der Waals surface area contributed by atoms with E-state index in [0.717, 1.165) is 12.8 Å². The van der Waals surface area contributed by atoms with Crippen LogP contribution in [0.25, 0.3) is 0 Å². The molecule has 2 N–H and O–H groups in total. The third-order valence-corrected chi connectivity index (χ3v) is 4.27. The molecule has 0 unspecified atom stereocenters. The number of aromatic nitrogens is 4. The molecule has 0 aromatic carbocycles. The summed E-state index contributed by atoms with van der Waals surface area (Å²) < 4.78 is 10.7. The molecule has 134 valence electrons. The Morgan fingerprint density at radius 2 is 2.20 bits per heavy atom. The topological polar surface area (TPSA) is 123 Å². The molecule has 0 saturated carbocycles. The third-order valence-electron chi connectivity index (χ3n) is 4.27. The minimum atomic E-state index is -0.586. The summed E-state index contributed by atoms with van der Waals surface area (Å²) >= 11 is 0. The van der Waals surface area contributed by atoms with Crippen LogP contribution in [-0.4, -0.2) is 46.3 Å². The van der Waals surface area contributed by atoms with Gasteiger partial charge in [0.1, 0.15) is 11.3 Å². The largest absolute Gasteiger partial charge is 0.427 e. The third kappa shape index (κ3) is 4.30. The molecule has 25 heavy (non-hydrogen) atoms. The Morgan fingerprint density at radius 1 is 1.40 bits per heavy atom. The van der Waals surface area contributed by atoms with Crippen molar-refractivity contribution in [2.45, 2.75) is 38.5 Å². The normalized spacial score (nSPS) is 15.2. The van der Waals surface area contributed by atoms with E-state index in [9.17, 15) is 9.59 Å². The molecule has 9 heteroatoms. The molecule has 2 aromatic rings. The van der Waals surface area contributed by atoms with Crippen molar-refractivity contribution in [3.63, 3.8) is 0 Å². The van der Waals surface area contributed by atoms with Crippen LogP contribution in [0.2, 0.25) is 0 Å². The zero-order valence-electron chi connectivity index (χ0n) is 14.1. The van der Waals surface area contributed by atoms with E-state index in [1.165, 1.54) is 0 Å². The molecule has 1 fully saturated rings. The number of rotatable bonds is 6. The van der Waals surface area contributed by atoms with Gasteiger partial charge < -0.3 is 14.5 Å². The molecule has 1 aliphatic rings. The van der Waals surface area contributed by atoms with Crippen LogP contribution in [-0.2, 0) is 11.2 Å². The molecule has 3 heterocycles. The Hall–Kier alpha value is -2.55. The summed E-state index contributed by atoms with van der Waals surface area (Å²) in [5.74, 6) is 0.982. The lowest BCUT2D eigenvalue weighted by Gasteiger charge is -2.21. The summed E-state index contributed by atoms with van der Waals surface area (Å²) in [6.07, 6.45) is 2.89. The fraction of sp³-hybridized carbons (Fsp3) is 0.562. The Morgan fingerprint density at radius 3 is 2.88 bits per heavy atom. The van der Waals surface area contributed by atoms with Crippen LogP contribution in [0.15, 0.2) is 15.3 Å². The van der Waals surface area contributed by atoms with Crippen molar-refractivity contribution in [3.05, 3.63) is 39.2 Å². The first-order valence-corrected chi connectivity index (χ1v) is 8.38. The van der Waals surface area contributed by atoms with Gasteiger partial charge in [0.25, 0.3) is 5.91 Å². The molecule has 0 spiro atoms. The van der Waals surface area contributed by atoms with Gasteiger partial charge >= 0.3 is 5.63 Å². The summed E-state index contributed by atoms with van der Waals surface area (Å²) in [5, 5.41) is 16.3. The first kappa shape index (κ1) is 17.3. The van der Waals surface area contributed by atoms with Gasteiger partial charge in [0.15, 0.2) is 5.82 Å². The number of amides is 1. The number of nitrogens with one attached hydrogen (secondary N) is 2. The number of H-pyrrole nitrogens is 1. The average Bonchev–Trinajstić information content (AvgIpc) is 3.12. The van der Waals surface area contributed by atoms with E-state index < -0.39 is 11.5 Å². The Kier molecular flexibility index (Phi) is 5.54. The van der Waals surface area contributed by atoms with Crippen LogP contribution in [0, 0.1) is 6.92 Å². The van der Waals surface area contributed by atoms with Crippen molar-refractivity contribution in [2.24, 2.45) is 0 Å². The van der Waals surface area contributed by atoms with Gasteiger partial charge in [-0.05, 0) is 37.8 Å². The summed E-state index contributed by atoms with van der Waals surface area (Å²) in [7, 11) is 0. The second kappa shape index (κ2) is 8.02. The number of aromatic amines is 1. The molecule has 0 atom stereocenters. The number of carbonyl (C=O) groups is 1. The highest BCUT2D eigenvalue weighted by Crippen LogP contribution is 2.26. The van der Waals surface area contributed by atoms with Crippen LogP contribution in [0.5, 0.6) is 0 Å². The maximum atomic E-state index is 12.3. The van der Waals surface area contributed by atoms with E-state index in [-0.39, 0.29) is 11.5 Å².